The summed E-state index contributed by atoms with van der Waals surface area (Å²) < 4.78 is 9.32. The molecule has 0 saturated heterocycles. The predicted molar refractivity (Wildman–Crippen MR) is 37.6 cm³/mol. The number of ether oxygens (including phenoxy) is 2. The molecule has 0 bridgehead atoms. The predicted octanol–water partition coefficient (Wildman–Crippen LogP) is -1.16. The highest BCUT2D eigenvalue weighted by molar-refractivity contribution is 5.65. The van der Waals surface area contributed by atoms with Crippen LogP contribution in [0.4, 0.5) is 0 Å². The summed E-state index contributed by atoms with van der Waals surface area (Å²) in [6.45, 7) is 1.38. The highest BCUT2D eigenvalue weighted by Gasteiger charge is 2.02. The van der Waals surface area contributed by atoms with Crippen LogP contribution < -0.4 is 5.73 Å². The van der Waals surface area contributed by atoms with E-state index in [4.69, 9.17) is 15.6 Å². The van der Waals surface area contributed by atoms with Gasteiger partial charge in [0.2, 0.25) is 0 Å². The van der Waals surface area contributed by atoms with Gasteiger partial charge in [-0.3, -0.25) is 4.79 Å². The molecule has 0 rings (SSSR count). The summed E-state index contributed by atoms with van der Waals surface area (Å²) in [5.41, 5.74) is 5.30. The molecule has 5 heteroatoms. The molecule has 0 aromatic heterocycles. The van der Waals surface area contributed by atoms with Gasteiger partial charge in [-0.1, -0.05) is 0 Å². The summed E-state index contributed by atoms with van der Waals surface area (Å²) in [6.07, 6.45) is -0.647. The Hall–Kier alpha value is -0.650. The average Bonchev–Trinajstić information content (AvgIpc) is 1.97. The first-order chi connectivity index (χ1) is 5.16. The molecule has 0 heterocycles. The molecule has 0 radical (unpaired) electrons. The second kappa shape index (κ2) is 6.09. The van der Waals surface area contributed by atoms with Crippen molar-refractivity contribution in [2.45, 2.75) is 13.2 Å². The third kappa shape index (κ3) is 7.24. The average molecular weight is 163 g/mol. The molecule has 0 saturated carbocycles. The molecule has 0 aromatic carbocycles. The quantitative estimate of drug-likeness (QED) is 0.395. The van der Waals surface area contributed by atoms with E-state index in [0.29, 0.717) is 0 Å². The van der Waals surface area contributed by atoms with E-state index in [9.17, 15) is 4.79 Å². The Labute approximate surface area is 65.1 Å². The number of aliphatic hydroxyl groups excluding tert-OH is 1. The number of carbonyl (C=O) groups excluding carboxylic acids is 1. The second-order valence-corrected chi connectivity index (χ2v) is 1.94. The molecule has 1 unspecified atom stereocenters. The molecule has 5 nitrogen and oxygen atoms in total. The maximum Gasteiger partial charge on any atom is 0.302 e. The van der Waals surface area contributed by atoms with E-state index in [1.165, 1.54) is 6.92 Å². The summed E-state index contributed by atoms with van der Waals surface area (Å²) in [7, 11) is 0. The smallest absolute Gasteiger partial charge is 0.302 e. The Kier molecular flexibility index (Phi) is 5.73. The van der Waals surface area contributed by atoms with Crippen molar-refractivity contribution in [2.75, 3.05) is 19.8 Å². The first-order valence-electron chi connectivity index (χ1n) is 3.28. The summed E-state index contributed by atoms with van der Waals surface area (Å²) in [6, 6.07) is 0. The van der Waals surface area contributed by atoms with E-state index in [2.05, 4.69) is 4.74 Å². The molecule has 1 atom stereocenters. The SMILES string of the molecule is CC(=O)OCC(N)OCCO. The topological polar surface area (TPSA) is 81.8 Å². The van der Waals surface area contributed by atoms with Crippen LogP contribution in [0.15, 0.2) is 0 Å². The maximum atomic E-state index is 10.2. The molecule has 0 aliphatic heterocycles. The maximum absolute atomic E-state index is 10.2. The molecule has 0 amide bonds. The molecule has 0 aliphatic carbocycles. The van der Waals surface area contributed by atoms with Crippen LogP contribution in [0.1, 0.15) is 6.92 Å². The third-order valence-electron chi connectivity index (χ3n) is 0.874. The lowest BCUT2D eigenvalue weighted by molar-refractivity contribution is -0.145. The van der Waals surface area contributed by atoms with E-state index in [1.54, 1.807) is 0 Å². The Morgan fingerprint density at radius 2 is 2.36 bits per heavy atom. The summed E-state index contributed by atoms with van der Waals surface area (Å²) in [5, 5.41) is 8.30. The fourth-order valence-electron chi connectivity index (χ4n) is 0.452. The van der Waals surface area contributed by atoms with Crippen molar-refractivity contribution in [3.8, 4) is 0 Å². The number of esters is 1. The molecular formula is C6H13NO4. The monoisotopic (exact) mass is 163 g/mol. The van der Waals surface area contributed by atoms with E-state index in [0.717, 1.165) is 0 Å². The van der Waals surface area contributed by atoms with Gasteiger partial charge in [-0.25, -0.2) is 0 Å². The highest BCUT2D eigenvalue weighted by atomic mass is 16.6. The van der Waals surface area contributed by atoms with Crippen LogP contribution in [0.25, 0.3) is 0 Å². The number of rotatable bonds is 5. The molecule has 11 heavy (non-hydrogen) atoms. The molecule has 0 fully saturated rings. The van der Waals surface area contributed by atoms with E-state index in [1.807, 2.05) is 0 Å². The van der Waals surface area contributed by atoms with Crippen molar-refractivity contribution in [1.82, 2.24) is 0 Å². The third-order valence-corrected chi connectivity index (χ3v) is 0.874. The van der Waals surface area contributed by atoms with Crippen molar-refractivity contribution >= 4 is 5.97 Å². The molecular weight excluding hydrogens is 150 g/mol. The normalized spacial score (nSPS) is 12.6. The van der Waals surface area contributed by atoms with Crippen LogP contribution in [0, 0.1) is 0 Å². The lowest BCUT2D eigenvalue weighted by atomic mass is 10.6. The van der Waals surface area contributed by atoms with Crippen molar-refractivity contribution in [3.05, 3.63) is 0 Å². The van der Waals surface area contributed by atoms with Crippen LogP contribution >= 0.6 is 0 Å². The van der Waals surface area contributed by atoms with Crippen LogP contribution in [-0.4, -0.2) is 37.1 Å². The number of nitrogens with two attached hydrogens (primary N) is 1. The molecule has 3 N–H and O–H groups in total. The van der Waals surface area contributed by atoms with Gasteiger partial charge >= 0.3 is 5.97 Å². The number of hydrogen-bond acceptors (Lipinski definition) is 5. The minimum Gasteiger partial charge on any atom is -0.462 e. The van der Waals surface area contributed by atoms with Gasteiger partial charge < -0.3 is 20.3 Å². The van der Waals surface area contributed by atoms with E-state index < -0.39 is 12.2 Å². The fraction of sp³-hybridized carbons (Fsp3) is 0.833. The molecule has 66 valence electrons. The van der Waals surface area contributed by atoms with Gasteiger partial charge in [-0.2, -0.15) is 0 Å². The van der Waals surface area contributed by atoms with Crippen molar-refractivity contribution < 1.29 is 19.4 Å². The van der Waals surface area contributed by atoms with Crippen molar-refractivity contribution in [2.24, 2.45) is 5.73 Å². The molecule has 0 aromatic rings. The van der Waals surface area contributed by atoms with Crippen LogP contribution in [0.2, 0.25) is 0 Å². The standard InChI is InChI=1S/C6H13NO4/c1-5(9)11-4-6(7)10-3-2-8/h6,8H,2-4,7H2,1H3. The van der Waals surface area contributed by atoms with Gasteiger partial charge in [0.1, 0.15) is 12.8 Å². The minimum atomic E-state index is -0.647. The van der Waals surface area contributed by atoms with Gasteiger partial charge in [0.15, 0.2) is 0 Å². The Balaban J connectivity index is 3.22. The van der Waals surface area contributed by atoms with Crippen LogP contribution in [0.3, 0.4) is 0 Å². The van der Waals surface area contributed by atoms with Crippen molar-refractivity contribution in [1.29, 1.82) is 0 Å². The first kappa shape index (κ1) is 10.3. The Bertz CT molecular complexity index is 117. The summed E-state index contributed by atoms with van der Waals surface area (Å²) >= 11 is 0. The van der Waals surface area contributed by atoms with Crippen molar-refractivity contribution in [3.63, 3.8) is 0 Å². The highest BCUT2D eigenvalue weighted by Crippen LogP contribution is 1.85. The molecule has 0 aliphatic rings. The minimum absolute atomic E-state index is 0.0231. The Morgan fingerprint density at radius 1 is 1.73 bits per heavy atom. The summed E-state index contributed by atoms with van der Waals surface area (Å²) in [4.78, 5) is 10.2. The Morgan fingerprint density at radius 3 is 2.82 bits per heavy atom. The van der Waals surface area contributed by atoms with Gasteiger partial charge in [-0.15, -0.1) is 0 Å². The first-order valence-corrected chi connectivity index (χ1v) is 3.28. The van der Waals surface area contributed by atoms with Crippen LogP contribution in [0.5, 0.6) is 0 Å². The zero-order valence-corrected chi connectivity index (χ0v) is 6.45. The summed E-state index contributed by atoms with van der Waals surface area (Å²) in [5.74, 6) is -0.395. The number of carbonyl (C=O) groups is 1. The molecule has 0 spiro atoms. The lowest BCUT2D eigenvalue weighted by Gasteiger charge is -2.10. The van der Waals surface area contributed by atoms with Gasteiger partial charge in [0, 0.05) is 6.92 Å². The number of aliphatic hydroxyl groups is 1. The lowest BCUT2D eigenvalue weighted by Crippen LogP contribution is -2.31. The largest absolute Gasteiger partial charge is 0.462 e. The van der Waals surface area contributed by atoms with E-state index >= 15 is 0 Å². The fourth-order valence-corrected chi connectivity index (χ4v) is 0.452. The second-order valence-electron chi connectivity index (χ2n) is 1.94. The van der Waals surface area contributed by atoms with Gasteiger partial charge in [0.05, 0.1) is 13.2 Å². The zero-order chi connectivity index (χ0) is 8.69. The van der Waals surface area contributed by atoms with Gasteiger partial charge in [0.25, 0.3) is 0 Å². The van der Waals surface area contributed by atoms with Crippen LogP contribution in [-0.2, 0) is 14.3 Å². The van der Waals surface area contributed by atoms with E-state index in [-0.39, 0.29) is 19.8 Å². The zero-order valence-electron chi connectivity index (χ0n) is 6.45. The van der Waals surface area contributed by atoms with Gasteiger partial charge in [-0.05, 0) is 0 Å². The number of hydrogen-bond donors (Lipinski definition) is 2.